The van der Waals surface area contributed by atoms with Crippen LogP contribution in [0, 0.1) is 11.3 Å². The molecule has 2 aromatic rings. The number of benzene rings is 2. The zero-order valence-electron chi connectivity index (χ0n) is 9.77. The molecule has 2 rings (SSSR count). The minimum atomic E-state index is 0.604. The van der Waals surface area contributed by atoms with Crippen LogP contribution in [0.25, 0.3) is 0 Å². The number of methoxy groups -OCH3 is 1. The molecule has 18 heavy (non-hydrogen) atoms. The fourth-order valence-corrected chi connectivity index (χ4v) is 1.91. The number of hydrogen-bond donors (Lipinski definition) is 1. The van der Waals surface area contributed by atoms with Crippen LogP contribution >= 0.6 is 15.9 Å². The van der Waals surface area contributed by atoms with Crippen LogP contribution in [0.1, 0.15) is 5.56 Å². The van der Waals surface area contributed by atoms with Gasteiger partial charge in [-0.1, -0.05) is 12.1 Å². The molecule has 0 amide bonds. The van der Waals surface area contributed by atoms with E-state index in [-0.39, 0.29) is 0 Å². The van der Waals surface area contributed by atoms with Crippen LogP contribution in [0.2, 0.25) is 0 Å². The quantitative estimate of drug-likeness (QED) is 0.929. The van der Waals surface area contributed by atoms with Crippen molar-refractivity contribution in [1.82, 2.24) is 0 Å². The first-order valence-corrected chi connectivity index (χ1v) is 6.13. The highest BCUT2D eigenvalue weighted by molar-refractivity contribution is 9.10. The van der Waals surface area contributed by atoms with E-state index < -0.39 is 0 Å². The topological polar surface area (TPSA) is 45.0 Å². The third-order valence-corrected chi connectivity index (χ3v) is 3.18. The van der Waals surface area contributed by atoms with Crippen molar-refractivity contribution in [3.8, 4) is 11.8 Å². The van der Waals surface area contributed by atoms with E-state index in [1.165, 1.54) is 0 Å². The molecule has 0 saturated carbocycles. The average molecular weight is 303 g/mol. The van der Waals surface area contributed by atoms with Crippen molar-refractivity contribution in [2.24, 2.45) is 0 Å². The van der Waals surface area contributed by atoms with Gasteiger partial charge in [-0.3, -0.25) is 0 Å². The summed E-state index contributed by atoms with van der Waals surface area (Å²) in [5.74, 6) is 0.759. The summed E-state index contributed by atoms with van der Waals surface area (Å²) in [5, 5.41) is 12.3. The van der Waals surface area contributed by atoms with Crippen LogP contribution in [0.15, 0.2) is 46.9 Å². The van der Waals surface area contributed by atoms with Gasteiger partial charge >= 0.3 is 0 Å². The lowest BCUT2D eigenvalue weighted by Gasteiger charge is -2.11. The lowest BCUT2D eigenvalue weighted by molar-refractivity contribution is 0.415. The number of para-hydroxylation sites is 1. The van der Waals surface area contributed by atoms with Crippen LogP contribution in [0.4, 0.5) is 11.4 Å². The van der Waals surface area contributed by atoms with Gasteiger partial charge in [0.05, 0.1) is 24.0 Å². The van der Waals surface area contributed by atoms with E-state index in [0.717, 1.165) is 21.6 Å². The average Bonchev–Trinajstić information content (AvgIpc) is 2.42. The maximum Gasteiger partial charge on any atom is 0.121 e. The molecule has 4 heteroatoms. The summed E-state index contributed by atoms with van der Waals surface area (Å²) >= 11 is 3.46. The Bertz CT molecular complexity index is 605. The SMILES string of the molecule is COc1ccc(Br)c(Nc2ccccc2C#N)c1. The molecule has 0 unspecified atom stereocenters. The number of halogens is 1. The minimum Gasteiger partial charge on any atom is -0.497 e. The number of nitrogens with zero attached hydrogens (tertiary/aromatic N) is 1. The third kappa shape index (κ3) is 2.63. The molecule has 0 spiro atoms. The van der Waals surface area contributed by atoms with Gasteiger partial charge < -0.3 is 10.1 Å². The Kier molecular flexibility index (Phi) is 3.85. The Hall–Kier alpha value is -1.99. The molecule has 0 atom stereocenters. The third-order valence-electron chi connectivity index (χ3n) is 2.49. The van der Waals surface area contributed by atoms with Crippen molar-refractivity contribution in [2.45, 2.75) is 0 Å². The van der Waals surface area contributed by atoms with Crippen LogP contribution in [-0.4, -0.2) is 7.11 Å². The van der Waals surface area contributed by atoms with Crippen molar-refractivity contribution < 1.29 is 4.74 Å². The van der Waals surface area contributed by atoms with Gasteiger partial charge in [-0.15, -0.1) is 0 Å². The molecule has 90 valence electrons. The standard InChI is InChI=1S/C14H11BrN2O/c1-18-11-6-7-12(15)14(8-11)17-13-5-3-2-4-10(13)9-16/h2-8,17H,1H3. The van der Waals surface area contributed by atoms with Crippen LogP contribution in [-0.2, 0) is 0 Å². The second-order valence-electron chi connectivity index (χ2n) is 3.63. The molecule has 0 aliphatic rings. The molecule has 0 aromatic heterocycles. The Morgan fingerprint density at radius 1 is 1.17 bits per heavy atom. The van der Waals surface area contributed by atoms with E-state index in [2.05, 4.69) is 27.3 Å². The summed E-state index contributed by atoms with van der Waals surface area (Å²) in [7, 11) is 1.62. The lowest BCUT2D eigenvalue weighted by Crippen LogP contribution is -1.95. The number of nitriles is 1. The molecular weight excluding hydrogens is 292 g/mol. The highest BCUT2D eigenvalue weighted by Gasteiger charge is 2.05. The second-order valence-corrected chi connectivity index (χ2v) is 4.48. The van der Waals surface area contributed by atoms with Gasteiger partial charge in [0.1, 0.15) is 11.8 Å². The summed E-state index contributed by atoms with van der Waals surface area (Å²) in [6.07, 6.45) is 0. The van der Waals surface area contributed by atoms with Gasteiger partial charge in [-0.25, -0.2) is 0 Å². The highest BCUT2D eigenvalue weighted by atomic mass is 79.9. The normalized spacial score (nSPS) is 9.61. The molecule has 1 N–H and O–H groups in total. The zero-order chi connectivity index (χ0) is 13.0. The molecule has 2 aromatic carbocycles. The molecule has 0 aliphatic carbocycles. The first-order chi connectivity index (χ1) is 8.74. The second kappa shape index (κ2) is 5.56. The predicted molar refractivity (Wildman–Crippen MR) is 75.1 cm³/mol. The zero-order valence-corrected chi connectivity index (χ0v) is 11.4. The summed E-state index contributed by atoms with van der Waals surface area (Å²) < 4.78 is 6.09. The fourth-order valence-electron chi connectivity index (χ4n) is 1.56. The number of nitrogens with one attached hydrogen (secondary N) is 1. The van der Waals surface area contributed by atoms with Gasteiger partial charge in [0.2, 0.25) is 0 Å². The van der Waals surface area contributed by atoms with E-state index >= 15 is 0 Å². The van der Waals surface area contributed by atoms with Gasteiger partial charge in [0.25, 0.3) is 0 Å². The first-order valence-electron chi connectivity index (χ1n) is 5.34. The van der Waals surface area contributed by atoms with Crippen LogP contribution in [0.5, 0.6) is 5.75 Å². The molecule has 0 bridgehead atoms. The summed E-state index contributed by atoms with van der Waals surface area (Å²) in [6.45, 7) is 0. The fraction of sp³-hybridized carbons (Fsp3) is 0.0714. The Labute approximate surface area is 114 Å². The van der Waals surface area contributed by atoms with E-state index in [4.69, 9.17) is 10.00 Å². The molecule has 3 nitrogen and oxygen atoms in total. The van der Waals surface area contributed by atoms with Gasteiger partial charge in [0.15, 0.2) is 0 Å². The van der Waals surface area contributed by atoms with Crippen molar-refractivity contribution in [3.63, 3.8) is 0 Å². The maximum absolute atomic E-state index is 9.04. The summed E-state index contributed by atoms with van der Waals surface area (Å²) in [4.78, 5) is 0. The summed E-state index contributed by atoms with van der Waals surface area (Å²) in [5.41, 5.74) is 2.23. The number of hydrogen-bond acceptors (Lipinski definition) is 3. The smallest absolute Gasteiger partial charge is 0.121 e. The molecular formula is C14H11BrN2O. The van der Waals surface area contributed by atoms with E-state index in [9.17, 15) is 0 Å². The van der Waals surface area contributed by atoms with Crippen molar-refractivity contribution >= 4 is 27.3 Å². The van der Waals surface area contributed by atoms with E-state index in [1.54, 1.807) is 13.2 Å². The molecule has 0 fully saturated rings. The van der Waals surface area contributed by atoms with Crippen molar-refractivity contribution in [1.29, 1.82) is 5.26 Å². The molecule has 0 heterocycles. The Morgan fingerprint density at radius 2 is 1.94 bits per heavy atom. The van der Waals surface area contributed by atoms with Gasteiger partial charge in [-0.05, 0) is 40.2 Å². The Balaban J connectivity index is 2.37. The van der Waals surface area contributed by atoms with Crippen LogP contribution < -0.4 is 10.1 Å². The minimum absolute atomic E-state index is 0.604. The molecule has 0 radical (unpaired) electrons. The van der Waals surface area contributed by atoms with Gasteiger partial charge in [0, 0.05) is 10.5 Å². The van der Waals surface area contributed by atoms with Gasteiger partial charge in [-0.2, -0.15) is 5.26 Å². The number of anilines is 2. The largest absolute Gasteiger partial charge is 0.497 e. The Morgan fingerprint density at radius 3 is 2.67 bits per heavy atom. The van der Waals surface area contributed by atoms with Crippen molar-refractivity contribution in [3.05, 3.63) is 52.5 Å². The summed E-state index contributed by atoms with van der Waals surface area (Å²) in [6, 6.07) is 15.2. The molecule has 0 saturated heterocycles. The number of ether oxygens (including phenoxy) is 1. The molecule has 0 aliphatic heterocycles. The first kappa shape index (κ1) is 12.5. The highest BCUT2D eigenvalue weighted by Crippen LogP contribution is 2.30. The lowest BCUT2D eigenvalue weighted by atomic mass is 10.2. The van der Waals surface area contributed by atoms with Crippen molar-refractivity contribution in [2.75, 3.05) is 12.4 Å². The number of rotatable bonds is 3. The van der Waals surface area contributed by atoms with E-state index in [1.807, 2.05) is 36.4 Å². The maximum atomic E-state index is 9.04. The predicted octanol–water partition coefficient (Wildman–Crippen LogP) is 4.07. The van der Waals surface area contributed by atoms with Crippen LogP contribution in [0.3, 0.4) is 0 Å². The monoisotopic (exact) mass is 302 g/mol. The van der Waals surface area contributed by atoms with E-state index in [0.29, 0.717) is 5.56 Å².